The molecule has 0 radical (unpaired) electrons. The molecule has 138 valence electrons. The number of ether oxygens (including phenoxy) is 2. The maximum atomic E-state index is 12.8. The number of rotatable bonds is 4. The lowest BCUT2D eigenvalue weighted by Crippen LogP contribution is -2.41. The molecule has 1 atom stereocenters. The summed E-state index contributed by atoms with van der Waals surface area (Å²) >= 11 is 0. The average Bonchev–Trinajstić information content (AvgIpc) is 2.55. The molecule has 4 nitrogen and oxygen atoms in total. The third-order valence-electron chi connectivity index (χ3n) is 4.67. The average molecular weight is 353 g/mol. The first-order valence-electron chi connectivity index (χ1n) is 9.13. The van der Waals surface area contributed by atoms with Gasteiger partial charge in [-0.3, -0.25) is 4.79 Å². The maximum absolute atomic E-state index is 12.8. The van der Waals surface area contributed by atoms with Gasteiger partial charge in [0.25, 0.3) is 5.91 Å². The van der Waals surface area contributed by atoms with Crippen LogP contribution in [-0.4, -0.2) is 18.1 Å². The Hall–Kier alpha value is -2.49. The van der Waals surface area contributed by atoms with Crippen LogP contribution in [0.4, 0.5) is 0 Å². The second-order valence-corrected chi connectivity index (χ2v) is 7.55. The van der Waals surface area contributed by atoms with Crippen molar-refractivity contribution in [2.24, 2.45) is 0 Å². The van der Waals surface area contributed by atoms with Crippen LogP contribution in [0, 0.1) is 13.8 Å². The monoisotopic (exact) mass is 353 g/mol. The molecule has 0 fully saturated rings. The SMILES string of the molecule is CCOc1ccc(C(=O)N[C@H]2CC(C)(C)Oc3cc(C)ccc32)cc1C. The third-order valence-corrected chi connectivity index (χ3v) is 4.67. The Labute approximate surface area is 155 Å². The van der Waals surface area contributed by atoms with Crippen LogP contribution in [-0.2, 0) is 0 Å². The summed E-state index contributed by atoms with van der Waals surface area (Å²) in [5, 5.41) is 3.19. The lowest BCUT2D eigenvalue weighted by Gasteiger charge is -2.38. The number of fused-ring (bicyclic) bond motifs is 1. The minimum atomic E-state index is -0.326. The highest BCUT2D eigenvalue weighted by molar-refractivity contribution is 5.95. The second kappa shape index (κ2) is 7.02. The molecule has 0 bridgehead atoms. The standard InChI is InChI=1S/C22H27NO3/c1-6-25-19-10-8-16(12-15(19)3)21(24)23-18-13-22(4,5)26-20-11-14(2)7-9-17(18)20/h7-12,18H,6,13H2,1-5H3,(H,23,24)/t18-/m0/s1. The molecule has 2 aromatic rings. The Morgan fingerprint density at radius 3 is 2.69 bits per heavy atom. The molecule has 1 amide bonds. The van der Waals surface area contributed by atoms with Crippen LogP contribution in [0.2, 0.25) is 0 Å². The molecule has 0 aliphatic carbocycles. The number of carbonyl (C=O) groups is 1. The Bertz CT molecular complexity index is 826. The quantitative estimate of drug-likeness (QED) is 0.864. The molecule has 1 aliphatic rings. The summed E-state index contributed by atoms with van der Waals surface area (Å²) in [6.45, 7) is 10.7. The van der Waals surface area contributed by atoms with E-state index in [0.717, 1.165) is 34.6 Å². The minimum Gasteiger partial charge on any atom is -0.494 e. The largest absolute Gasteiger partial charge is 0.494 e. The van der Waals surface area contributed by atoms with Crippen molar-refractivity contribution in [3.63, 3.8) is 0 Å². The van der Waals surface area contributed by atoms with E-state index in [1.165, 1.54) is 0 Å². The summed E-state index contributed by atoms with van der Waals surface area (Å²) in [5.41, 5.74) is 3.46. The molecule has 1 heterocycles. The fraction of sp³-hybridized carbons (Fsp3) is 0.409. The van der Waals surface area contributed by atoms with Gasteiger partial charge in [-0.1, -0.05) is 12.1 Å². The van der Waals surface area contributed by atoms with Gasteiger partial charge >= 0.3 is 0 Å². The van der Waals surface area contributed by atoms with Crippen molar-refractivity contribution in [1.82, 2.24) is 5.32 Å². The zero-order valence-electron chi connectivity index (χ0n) is 16.2. The van der Waals surface area contributed by atoms with Gasteiger partial charge in [-0.25, -0.2) is 0 Å². The van der Waals surface area contributed by atoms with Crippen molar-refractivity contribution < 1.29 is 14.3 Å². The molecule has 0 unspecified atom stereocenters. The van der Waals surface area contributed by atoms with Crippen molar-refractivity contribution in [3.05, 3.63) is 58.7 Å². The highest BCUT2D eigenvalue weighted by atomic mass is 16.5. The van der Waals surface area contributed by atoms with Crippen molar-refractivity contribution >= 4 is 5.91 Å². The van der Waals surface area contributed by atoms with E-state index in [-0.39, 0.29) is 17.6 Å². The zero-order valence-corrected chi connectivity index (χ0v) is 16.2. The predicted octanol–water partition coefficient (Wildman–Crippen LogP) is 4.73. The van der Waals surface area contributed by atoms with E-state index in [0.29, 0.717) is 12.2 Å². The summed E-state index contributed by atoms with van der Waals surface area (Å²) in [4.78, 5) is 12.8. The molecular weight excluding hydrogens is 326 g/mol. The zero-order chi connectivity index (χ0) is 18.9. The van der Waals surface area contributed by atoms with Crippen LogP contribution >= 0.6 is 0 Å². The van der Waals surface area contributed by atoms with Crippen LogP contribution in [0.15, 0.2) is 36.4 Å². The Balaban J connectivity index is 1.84. The second-order valence-electron chi connectivity index (χ2n) is 7.55. The van der Waals surface area contributed by atoms with Crippen molar-refractivity contribution in [2.45, 2.75) is 52.7 Å². The van der Waals surface area contributed by atoms with Gasteiger partial charge in [-0.2, -0.15) is 0 Å². The normalized spacial score (nSPS) is 17.8. The van der Waals surface area contributed by atoms with Crippen molar-refractivity contribution in [1.29, 1.82) is 0 Å². The lowest BCUT2D eigenvalue weighted by molar-refractivity contribution is 0.0619. The maximum Gasteiger partial charge on any atom is 0.251 e. The van der Waals surface area contributed by atoms with E-state index >= 15 is 0 Å². The number of hydrogen-bond acceptors (Lipinski definition) is 3. The first kappa shape index (κ1) is 18.3. The molecule has 26 heavy (non-hydrogen) atoms. The number of hydrogen-bond donors (Lipinski definition) is 1. The molecule has 0 saturated carbocycles. The number of nitrogens with one attached hydrogen (secondary N) is 1. The van der Waals surface area contributed by atoms with Gasteiger partial charge in [0.15, 0.2) is 0 Å². The smallest absolute Gasteiger partial charge is 0.251 e. The molecule has 3 rings (SSSR count). The number of aryl methyl sites for hydroxylation is 2. The van der Waals surface area contributed by atoms with Gasteiger partial charge < -0.3 is 14.8 Å². The summed E-state index contributed by atoms with van der Waals surface area (Å²) in [6, 6.07) is 11.6. The van der Waals surface area contributed by atoms with Gasteiger partial charge in [-0.05, 0) is 70.0 Å². The van der Waals surface area contributed by atoms with Gasteiger partial charge in [0, 0.05) is 17.5 Å². The van der Waals surface area contributed by atoms with Crippen LogP contribution in [0.5, 0.6) is 11.5 Å². The van der Waals surface area contributed by atoms with Gasteiger partial charge in [0.2, 0.25) is 0 Å². The van der Waals surface area contributed by atoms with E-state index < -0.39 is 0 Å². The van der Waals surface area contributed by atoms with Crippen LogP contribution in [0.3, 0.4) is 0 Å². The molecule has 2 aromatic carbocycles. The number of benzene rings is 2. The fourth-order valence-corrected chi connectivity index (χ4v) is 3.44. The van der Waals surface area contributed by atoms with Crippen molar-refractivity contribution in [3.8, 4) is 11.5 Å². The predicted molar refractivity (Wildman–Crippen MR) is 103 cm³/mol. The summed E-state index contributed by atoms with van der Waals surface area (Å²) in [7, 11) is 0. The van der Waals surface area contributed by atoms with E-state index in [2.05, 4.69) is 25.2 Å². The molecule has 0 saturated heterocycles. The third kappa shape index (κ3) is 3.85. The summed E-state index contributed by atoms with van der Waals surface area (Å²) in [5.74, 6) is 1.59. The van der Waals surface area contributed by atoms with Crippen LogP contribution < -0.4 is 14.8 Å². The molecule has 0 aromatic heterocycles. The van der Waals surface area contributed by atoms with Crippen molar-refractivity contribution in [2.75, 3.05) is 6.61 Å². The van der Waals surface area contributed by atoms with E-state index in [9.17, 15) is 4.79 Å². The highest BCUT2D eigenvalue weighted by Gasteiger charge is 2.34. The lowest BCUT2D eigenvalue weighted by atomic mass is 9.89. The van der Waals surface area contributed by atoms with Crippen LogP contribution in [0.1, 0.15) is 60.3 Å². The fourth-order valence-electron chi connectivity index (χ4n) is 3.44. The van der Waals surface area contributed by atoms with Gasteiger partial charge in [0.05, 0.1) is 12.6 Å². The van der Waals surface area contributed by atoms with Crippen LogP contribution in [0.25, 0.3) is 0 Å². The molecule has 1 aliphatic heterocycles. The Morgan fingerprint density at radius 2 is 2.00 bits per heavy atom. The summed E-state index contributed by atoms with van der Waals surface area (Å²) < 4.78 is 11.7. The molecule has 1 N–H and O–H groups in total. The van der Waals surface area contributed by atoms with E-state index in [4.69, 9.17) is 9.47 Å². The first-order valence-corrected chi connectivity index (χ1v) is 9.13. The molecule has 0 spiro atoms. The molecule has 4 heteroatoms. The molecular formula is C22H27NO3. The number of amides is 1. The van der Waals surface area contributed by atoms with Gasteiger partial charge in [-0.15, -0.1) is 0 Å². The Kier molecular flexibility index (Phi) is 4.94. The van der Waals surface area contributed by atoms with Gasteiger partial charge in [0.1, 0.15) is 17.1 Å². The van der Waals surface area contributed by atoms with E-state index in [1.54, 1.807) is 0 Å². The van der Waals surface area contributed by atoms with E-state index in [1.807, 2.05) is 51.1 Å². The Morgan fingerprint density at radius 1 is 1.23 bits per heavy atom. The summed E-state index contributed by atoms with van der Waals surface area (Å²) in [6.07, 6.45) is 0.727. The minimum absolute atomic E-state index is 0.0753. The topological polar surface area (TPSA) is 47.6 Å². The highest BCUT2D eigenvalue weighted by Crippen LogP contribution is 2.40. The number of carbonyl (C=O) groups excluding carboxylic acids is 1. The first-order chi connectivity index (χ1) is 12.3.